The Morgan fingerprint density at radius 2 is 2.21 bits per heavy atom. The fraction of sp³-hybridized carbons (Fsp3) is 0.455. The number of nitrogens with one attached hydrogen (secondary N) is 1. The van der Waals surface area contributed by atoms with E-state index in [0.29, 0.717) is 12.8 Å². The molecule has 8 heteroatoms. The van der Waals surface area contributed by atoms with Crippen LogP contribution in [0.1, 0.15) is 25.0 Å². The summed E-state index contributed by atoms with van der Waals surface area (Å²) < 4.78 is 31.1. The van der Waals surface area contributed by atoms with Crippen molar-refractivity contribution in [3.8, 4) is 6.07 Å². The summed E-state index contributed by atoms with van der Waals surface area (Å²) in [6, 6.07) is 3.75. The number of hydrogen-bond donors (Lipinski definition) is 2. The quantitative estimate of drug-likeness (QED) is 0.838. The Bertz CT molecular complexity index is 628. The van der Waals surface area contributed by atoms with E-state index < -0.39 is 28.0 Å². The molecule has 1 heterocycles. The maximum Gasteiger partial charge on any atom is 0.306 e. The average molecular weight is 284 g/mol. The Balaban J connectivity index is 2.07. The van der Waals surface area contributed by atoms with E-state index in [2.05, 4.69) is 4.72 Å². The van der Waals surface area contributed by atoms with E-state index in [9.17, 15) is 13.2 Å². The molecule has 0 radical (unpaired) electrons. The summed E-state index contributed by atoms with van der Waals surface area (Å²) >= 11 is 0. The van der Waals surface area contributed by atoms with Crippen LogP contribution in [0, 0.1) is 17.2 Å². The molecule has 0 aromatic carbocycles. The third-order valence-electron chi connectivity index (χ3n) is 3.06. The zero-order valence-electron chi connectivity index (χ0n) is 9.87. The number of hydrogen-bond acceptors (Lipinski definition) is 5. The molecule has 1 fully saturated rings. The van der Waals surface area contributed by atoms with Gasteiger partial charge in [0.2, 0.25) is 10.9 Å². The van der Waals surface area contributed by atoms with Crippen molar-refractivity contribution in [1.29, 1.82) is 5.26 Å². The fourth-order valence-electron chi connectivity index (χ4n) is 2.12. The first-order chi connectivity index (χ1) is 8.92. The first-order valence-electron chi connectivity index (χ1n) is 5.67. The normalized spacial score (nSPS) is 23.1. The third kappa shape index (κ3) is 2.94. The molecule has 0 unspecified atom stereocenters. The number of nitrogens with zero attached hydrogens (tertiary/aromatic N) is 1. The summed E-state index contributed by atoms with van der Waals surface area (Å²) in [5.74, 6) is -1.51. The van der Waals surface area contributed by atoms with Crippen molar-refractivity contribution < 1.29 is 22.7 Å². The summed E-state index contributed by atoms with van der Waals surface area (Å²) in [6.45, 7) is 0. The van der Waals surface area contributed by atoms with Crippen molar-refractivity contribution in [2.75, 3.05) is 0 Å². The number of carboxylic acids is 1. The van der Waals surface area contributed by atoms with Gasteiger partial charge in [0, 0.05) is 6.04 Å². The van der Waals surface area contributed by atoms with Crippen LogP contribution in [0.5, 0.6) is 0 Å². The van der Waals surface area contributed by atoms with Crippen molar-refractivity contribution in [3.05, 3.63) is 17.9 Å². The zero-order valence-corrected chi connectivity index (χ0v) is 10.7. The van der Waals surface area contributed by atoms with Crippen molar-refractivity contribution in [3.63, 3.8) is 0 Å². The Morgan fingerprint density at radius 3 is 2.74 bits per heavy atom. The van der Waals surface area contributed by atoms with Gasteiger partial charge in [-0.25, -0.2) is 13.1 Å². The molecule has 2 N–H and O–H groups in total. The molecule has 1 aromatic rings. The van der Waals surface area contributed by atoms with Gasteiger partial charge in [0.1, 0.15) is 6.07 Å². The molecular weight excluding hydrogens is 272 g/mol. The fourth-order valence-corrected chi connectivity index (χ4v) is 3.33. The minimum Gasteiger partial charge on any atom is -0.481 e. The third-order valence-corrected chi connectivity index (χ3v) is 4.45. The molecule has 19 heavy (non-hydrogen) atoms. The van der Waals surface area contributed by atoms with Crippen LogP contribution in [0.4, 0.5) is 0 Å². The van der Waals surface area contributed by atoms with E-state index in [1.807, 2.05) is 0 Å². The molecule has 7 nitrogen and oxygen atoms in total. The Labute approximate surface area is 109 Å². The van der Waals surface area contributed by atoms with Gasteiger partial charge in [-0.05, 0) is 31.4 Å². The predicted octanol–water partition coefficient (Wildman–Crippen LogP) is 0.683. The van der Waals surface area contributed by atoms with Crippen LogP contribution < -0.4 is 4.72 Å². The highest BCUT2D eigenvalue weighted by Gasteiger charge is 2.33. The molecule has 0 amide bonds. The van der Waals surface area contributed by atoms with Crippen molar-refractivity contribution >= 4 is 16.0 Å². The molecule has 0 spiro atoms. The maximum absolute atomic E-state index is 11.9. The van der Waals surface area contributed by atoms with E-state index in [1.165, 1.54) is 12.1 Å². The lowest BCUT2D eigenvalue weighted by Gasteiger charge is -2.11. The second-order valence-corrected chi connectivity index (χ2v) is 6.04. The lowest BCUT2D eigenvalue weighted by Crippen LogP contribution is -2.33. The molecule has 0 bridgehead atoms. The molecule has 1 aliphatic carbocycles. The average Bonchev–Trinajstić information content (AvgIpc) is 2.96. The Hall–Kier alpha value is -1.85. The summed E-state index contributed by atoms with van der Waals surface area (Å²) in [5.41, 5.74) is 0. The first-order valence-corrected chi connectivity index (χ1v) is 7.16. The second-order valence-electron chi connectivity index (χ2n) is 4.40. The van der Waals surface area contributed by atoms with Crippen LogP contribution in [0.15, 0.2) is 21.6 Å². The van der Waals surface area contributed by atoms with Gasteiger partial charge in [-0.3, -0.25) is 4.79 Å². The van der Waals surface area contributed by atoms with Crippen LogP contribution in [-0.2, 0) is 14.8 Å². The van der Waals surface area contributed by atoms with Gasteiger partial charge in [0.25, 0.3) is 10.0 Å². The van der Waals surface area contributed by atoms with E-state index >= 15 is 0 Å². The van der Waals surface area contributed by atoms with E-state index in [-0.39, 0.29) is 17.3 Å². The van der Waals surface area contributed by atoms with Gasteiger partial charge in [0.05, 0.1) is 5.92 Å². The van der Waals surface area contributed by atoms with Gasteiger partial charge in [0.15, 0.2) is 0 Å². The van der Waals surface area contributed by atoms with Gasteiger partial charge in [-0.1, -0.05) is 0 Å². The monoisotopic (exact) mass is 284 g/mol. The second kappa shape index (κ2) is 5.03. The predicted molar refractivity (Wildman–Crippen MR) is 62.5 cm³/mol. The molecule has 1 saturated carbocycles. The lowest BCUT2D eigenvalue weighted by molar-refractivity contribution is -0.141. The van der Waals surface area contributed by atoms with Crippen molar-refractivity contribution in [2.24, 2.45) is 5.92 Å². The van der Waals surface area contributed by atoms with Crippen LogP contribution >= 0.6 is 0 Å². The summed E-state index contributed by atoms with van der Waals surface area (Å²) in [4.78, 5) is 10.8. The highest BCUT2D eigenvalue weighted by atomic mass is 32.2. The first kappa shape index (κ1) is 13.6. The topological polar surface area (TPSA) is 120 Å². The number of aliphatic carboxylic acids is 1. The van der Waals surface area contributed by atoms with Gasteiger partial charge >= 0.3 is 5.97 Å². The van der Waals surface area contributed by atoms with Crippen molar-refractivity contribution in [2.45, 2.75) is 30.4 Å². The number of rotatable bonds is 4. The van der Waals surface area contributed by atoms with Gasteiger partial charge < -0.3 is 9.52 Å². The summed E-state index contributed by atoms with van der Waals surface area (Å²) in [5, 5.41) is 17.1. The Kier molecular flexibility index (Phi) is 3.59. The number of carboxylic acid groups (broad SMARTS) is 1. The van der Waals surface area contributed by atoms with E-state index in [1.54, 1.807) is 6.07 Å². The number of furan rings is 1. The molecule has 2 atom stereocenters. The van der Waals surface area contributed by atoms with Crippen molar-refractivity contribution in [1.82, 2.24) is 4.72 Å². The van der Waals surface area contributed by atoms with E-state index in [4.69, 9.17) is 14.8 Å². The maximum atomic E-state index is 11.9. The minimum atomic E-state index is -3.84. The molecule has 1 aliphatic rings. The number of nitriles is 1. The van der Waals surface area contributed by atoms with Gasteiger partial charge in [-0.15, -0.1) is 0 Å². The van der Waals surface area contributed by atoms with Crippen LogP contribution in [0.2, 0.25) is 0 Å². The molecular formula is C11H12N2O5S. The lowest BCUT2D eigenvalue weighted by atomic mass is 10.1. The van der Waals surface area contributed by atoms with E-state index in [0.717, 1.165) is 0 Å². The standard InChI is InChI=1S/C11H12N2O5S/c12-6-9-3-4-10(18-9)19(16,17)13-8-2-1-7(5-8)11(14)15/h3-4,7-8,13H,1-2,5H2,(H,14,15)/t7-,8+/m1/s1. The summed E-state index contributed by atoms with van der Waals surface area (Å²) in [6.07, 6.45) is 1.19. The molecule has 0 saturated heterocycles. The van der Waals surface area contributed by atoms with Crippen LogP contribution in [0.25, 0.3) is 0 Å². The Morgan fingerprint density at radius 1 is 1.47 bits per heavy atom. The number of sulfonamides is 1. The molecule has 102 valence electrons. The van der Waals surface area contributed by atoms with Crippen LogP contribution in [0.3, 0.4) is 0 Å². The largest absolute Gasteiger partial charge is 0.481 e. The SMILES string of the molecule is N#Cc1ccc(S(=O)(=O)N[C@H]2CC[C@@H](C(=O)O)C2)o1. The number of carbonyl (C=O) groups is 1. The highest BCUT2D eigenvalue weighted by molar-refractivity contribution is 7.89. The summed E-state index contributed by atoms with van der Waals surface area (Å²) in [7, 11) is -3.84. The minimum absolute atomic E-state index is 0.0878. The smallest absolute Gasteiger partial charge is 0.306 e. The molecule has 0 aliphatic heterocycles. The van der Waals surface area contributed by atoms with Crippen LogP contribution in [-0.4, -0.2) is 25.5 Å². The molecule has 1 aromatic heterocycles. The highest BCUT2D eigenvalue weighted by Crippen LogP contribution is 2.27. The molecule has 2 rings (SSSR count). The van der Waals surface area contributed by atoms with Gasteiger partial charge in [-0.2, -0.15) is 5.26 Å². The zero-order chi connectivity index (χ0) is 14.0.